The van der Waals surface area contributed by atoms with E-state index >= 15 is 0 Å². The topological polar surface area (TPSA) is 67.9 Å². The first-order valence-electron chi connectivity index (χ1n) is 8.62. The van der Waals surface area contributed by atoms with Crippen molar-refractivity contribution in [3.8, 4) is 11.5 Å². The van der Waals surface area contributed by atoms with Crippen LogP contribution in [0.4, 0.5) is 5.69 Å². The van der Waals surface area contributed by atoms with Gasteiger partial charge in [-0.05, 0) is 25.0 Å². The Bertz CT molecular complexity index is 627. The minimum absolute atomic E-state index is 0.0153. The van der Waals surface area contributed by atoms with E-state index < -0.39 is 0 Å². The first-order chi connectivity index (χ1) is 11.6. The lowest BCUT2D eigenvalue weighted by molar-refractivity contribution is -0.125. The average molecular weight is 332 g/mol. The van der Waals surface area contributed by atoms with Gasteiger partial charge in [-0.15, -0.1) is 0 Å². The lowest BCUT2D eigenvalue weighted by Gasteiger charge is -2.22. The Morgan fingerprint density at radius 2 is 1.96 bits per heavy atom. The van der Waals surface area contributed by atoms with Crippen molar-refractivity contribution in [1.29, 1.82) is 0 Å². The monoisotopic (exact) mass is 332 g/mol. The molecule has 2 aliphatic rings. The third-order valence-corrected chi connectivity index (χ3v) is 4.67. The van der Waals surface area contributed by atoms with E-state index in [1.807, 2.05) is 32.0 Å². The molecule has 0 saturated carbocycles. The number of carbonyl (C=O) groups excluding carboxylic acids is 2. The van der Waals surface area contributed by atoms with Crippen LogP contribution in [0.2, 0.25) is 0 Å². The van der Waals surface area contributed by atoms with Gasteiger partial charge in [0.05, 0.1) is 6.04 Å². The maximum Gasteiger partial charge on any atom is 0.229 e. The van der Waals surface area contributed by atoms with Gasteiger partial charge in [0.15, 0.2) is 11.5 Å². The SMILES string of the molecule is CCC(CC)C(=O)N[C@@H]1CC(=O)N(c2ccc3c(c2)OCCO3)C1. The molecular formula is C18H24N2O4. The van der Waals surface area contributed by atoms with Crippen molar-refractivity contribution in [3.63, 3.8) is 0 Å². The number of nitrogens with zero attached hydrogens (tertiary/aromatic N) is 1. The molecule has 1 fully saturated rings. The Kier molecular flexibility index (Phi) is 4.92. The average Bonchev–Trinajstić information content (AvgIpc) is 2.95. The van der Waals surface area contributed by atoms with Crippen molar-refractivity contribution in [1.82, 2.24) is 5.32 Å². The smallest absolute Gasteiger partial charge is 0.229 e. The van der Waals surface area contributed by atoms with Gasteiger partial charge in [-0.3, -0.25) is 9.59 Å². The van der Waals surface area contributed by atoms with Crippen LogP contribution in [0, 0.1) is 5.92 Å². The van der Waals surface area contributed by atoms with Crippen LogP contribution in [0.15, 0.2) is 18.2 Å². The summed E-state index contributed by atoms with van der Waals surface area (Å²) in [5, 5.41) is 3.02. The Balaban J connectivity index is 1.68. The maximum atomic E-state index is 12.3. The highest BCUT2D eigenvalue weighted by Gasteiger charge is 2.33. The molecule has 2 heterocycles. The minimum atomic E-state index is -0.140. The Labute approximate surface area is 142 Å². The van der Waals surface area contributed by atoms with Crippen molar-refractivity contribution in [2.45, 2.75) is 39.2 Å². The third-order valence-electron chi connectivity index (χ3n) is 4.67. The first-order valence-corrected chi connectivity index (χ1v) is 8.62. The number of hydrogen-bond acceptors (Lipinski definition) is 4. The molecule has 2 amide bonds. The van der Waals surface area contributed by atoms with Crippen LogP contribution < -0.4 is 19.7 Å². The van der Waals surface area contributed by atoms with Crippen LogP contribution in [-0.4, -0.2) is 37.6 Å². The van der Waals surface area contributed by atoms with Crippen LogP contribution in [0.3, 0.4) is 0 Å². The summed E-state index contributed by atoms with van der Waals surface area (Å²) in [4.78, 5) is 26.3. The van der Waals surface area contributed by atoms with Gasteiger partial charge in [-0.25, -0.2) is 0 Å². The summed E-state index contributed by atoms with van der Waals surface area (Å²) in [6, 6.07) is 5.38. The van der Waals surface area contributed by atoms with Gasteiger partial charge in [0.1, 0.15) is 13.2 Å². The van der Waals surface area contributed by atoms with E-state index in [0.29, 0.717) is 37.7 Å². The highest BCUT2D eigenvalue weighted by molar-refractivity contribution is 5.97. The number of benzene rings is 1. The molecule has 6 nitrogen and oxygen atoms in total. The van der Waals surface area contributed by atoms with Gasteiger partial charge < -0.3 is 19.7 Å². The molecule has 1 saturated heterocycles. The molecule has 0 radical (unpaired) electrons. The number of fused-ring (bicyclic) bond motifs is 1. The molecule has 2 aliphatic heterocycles. The predicted molar refractivity (Wildman–Crippen MR) is 90.4 cm³/mol. The Morgan fingerprint density at radius 3 is 2.67 bits per heavy atom. The van der Waals surface area contributed by atoms with E-state index in [0.717, 1.165) is 18.5 Å². The van der Waals surface area contributed by atoms with Crippen LogP contribution in [0.25, 0.3) is 0 Å². The molecule has 0 unspecified atom stereocenters. The largest absolute Gasteiger partial charge is 0.486 e. The van der Waals surface area contributed by atoms with E-state index in [1.165, 1.54) is 0 Å². The number of ether oxygens (including phenoxy) is 2. The number of carbonyl (C=O) groups is 2. The molecule has 1 aromatic rings. The standard InChI is InChI=1S/C18H24N2O4/c1-3-12(4-2)18(22)19-13-9-17(21)20(11-13)14-5-6-15-16(10-14)24-8-7-23-15/h5-6,10,12-13H,3-4,7-9,11H2,1-2H3,(H,19,22)/t13-/m1/s1. The molecule has 1 N–H and O–H groups in total. The number of anilines is 1. The second-order valence-corrected chi connectivity index (χ2v) is 6.26. The summed E-state index contributed by atoms with van der Waals surface area (Å²) in [5.74, 6) is 1.44. The lowest BCUT2D eigenvalue weighted by Crippen LogP contribution is -2.40. The second kappa shape index (κ2) is 7.11. The Hall–Kier alpha value is -2.24. The van der Waals surface area contributed by atoms with Crippen LogP contribution in [0.5, 0.6) is 11.5 Å². The zero-order chi connectivity index (χ0) is 17.1. The van der Waals surface area contributed by atoms with Crippen molar-refractivity contribution >= 4 is 17.5 Å². The van der Waals surface area contributed by atoms with Gasteiger partial charge in [-0.1, -0.05) is 13.8 Å². The fourth-order valence-corrected chi connectivity index (χ4v) is 3.23. The highest BCUT2D eigenvalue weighted by atomic mass is 16.6. The third kappa shape index (κ3) is 3.32. The zero-order valence-electron chi connectivity index (χ0n) is 14.2. The van der Waals surface area contributed by atoms with E-state index in [9.17, 15) is 9.59 Å². The molecule has 0 bridgehead atoms. The number of rotatable bonds is 5. The minimum Gasteiger partial charge on any atom is -0.486 e. The van der Waals surface area contributed by atoms with Gasteiger partial charge in [0, 0.05) is 30.6 Å². The number of amides is 2. The van der Waals surface area contributed by atoms with Crippen LogP contribution >= 0.6 is 0 Å². The van der Waals surface area contributed by atoms with Gasteiger partial charge in [0.25, 0.3) is 0 Å². The summed E-state index contributed by atoms with van der Waals surface area (Å²) in [7, 11) is 0. The number of hydrogen-bond donors (Lipinski definition) is 1. The van der Waals surface area contributed by atoms with Gasteiger partial charge >= 0.3 is 0 Å². The Morgan fingerprint density at radius 1 is 1.25 bits per heavy atom. The number of nitrogens with one attached hydrogen (secondary N) is 1. The summed E-state index contributed by atoms with van der Waals surface area (Å²) in [5.41, 5.74) is 0.781. The summed E-state index contributed by atoms with van der Waals surface area (Å²) >= 11 is 0. The van der Waals surface area contributed by atoms with Crippen molar-refractivity contribution in [3.05, 3.63) is 18.2 Å². The molecule has 1 aromatic carbocycles. The predicted octanol–water partition coefficient (Wildman–Crippen LogP) is 2.12. The second-order valence-electron chi connectivity index (χ2n) is 6.26. The molecular weight excluding hydrogens is 308 g/mol. The van der Waals surface area contributed by atoms with Crippen molar-refractivity contribution in [2.75, 3.05) is 24.7 Å². The van der Waals surface area contributed by atoms with Crippen LogP contribution in [-0.2, 0) is 9.59 Å². The van der Waals surface area contributed by atoms with Crippen molar-refractivity contribution < 1.29 is 19.1 Å². The maximum absolute atomic E-state index is 12.3. The van der Waals surface area contributed by atoms with Crippen LogP contribution in [0.1, 0.15) is 33.1 Å². The first kappa shape index (κ1) is 16.6. The fraction of sp³-hybridized carbons (Fsp3) is 0.556. The van der Waals surface area contributed by atoms with Crippen molar-refractivity contribution in [2.24, 2.45) is 5.92 Å². The molecule has 6 heteroatoms. The fourth-order valence-electron chi connectivity index (χ4n) is 3.23. The molecule has 130 valence electrons. The van der Waals surface area contributed by atoms with E-state index in [2.05, 4.69) is 5.32 Å². The molecule has 3 rings (SSSR count). The van der Waals surface area contributed by atoms with E-state index in [-0.39, 0.29) is 23.8 Å². The molecule has 0 aromatic heterocycles. The molecule has 0 aliphatic carbocycles. The quantitative estimate of drug-likeness (QED) is 0.897. The molecule has 0 spiro atoms. The van der Waals surface area contributed by atoms with Gasteiger partial charge in [-0.2, -0.15) is 0 Å². The summed E-state index contributed by atoms with van der Waals surface area (Å²) in [6.45, 7) is 5.56. The van der Waals surface area contributed by atoms with E-state index in [4.69, 9.17) is 9.47 Å². The van der Waals surface area contributed by atoms with E-state index in [1.54, 1.807) is 4.90 Å². The normalized spacial score (nSPS) is 19.7. The molecule has 24 heavy (non-hydrogen) atoms. The zero-order valence-corrected chi connectivity index (χ0v) is 14.2. The summed E-state index contributed by atoms with van der Waals surface area (Å²) in [6.07, 6.45) is 1.96. The summed E-state index contributed by atoms with van der Waals surface area (Å²) < 4.78 is 11.1. The molecule has 1 atom stereocenters. The van der Waals surface area contributed by atoms with Gasteiger partial charge in [0.2, 0.25) is 11.8 Å². The lowest BCUT2D eigenvalue weighted by atomic mass is 10.0. The highest BCUT2D eigenvalue weighted by Crippen LogP contribution is 2.35.